The second-order valence-corrected chi connectivity index (χ2v) is 3.82. The van der Waals surface area contributed by atoms with Crippen molar-refractivity contribution in [3.63, 3.8) is 0 Å². The maximum atomic E-state index is 5.79. The molecule has 0 aliphatic rings. The third-order valence-electron chi connectivity index (χ3n) is 2.82. The molecule has 2 N–H and O–H groups in total. The van der Waals surface area contributed by atoms with Crippen molar-refractivity contribution in [2.24, 2.45) is 4.99 Å². The van der Waals surface area contributed by atoms with Crippen LogP contribution in [0.3, 0.4) is 0 Å². The quantitative estimate of drug-likeness (QED) is 0.614. The Hall–Kier alpha value is -1.97. The summed E-state index contributed by atoms with van der Waals surface area (Å²) in [5.41, 5.74) is 2.11. The van der Waals surface area contributed by atoms with Gasteiger partial charge in [0, 0.05) is 25.0 Å². The summed E-state index contributed by atoms with van der Waals surface area (Å²) in [6, 6.07) is 8.06. The predicted molar refractivity (Wildman–Crippen MR) is 70.2 cm³/mol. The number of aryl methyl sites for hydroxylation is 1. The van der Waals surface area contributed by atoms with E-state index in [1.54, 1.807) is 7.05 Å². The van der Waals surface area contributed by atoms with E-state index in [4.69, 9.17) is 4.42 Å². The topological polar surface area (TPSA) is 49.6 Å². The van der Waals surface area contributed by atoms with Gasteiger partial charge in [-0.15, -0.1) is 0 Å². The van der Waals surface area contributed by atoms with Crippen molar-refractivity contribution in [2.75, 3.05) is 14.1 Å². The van der Waals surface area contributed by atoms with Crippen molar-refractivity contribution in [1.29, 1.82) is 0 Å². The zero-order valence-electron chi connectivity index (χ0n) is 10.4. The largest absolute Gasteiger partial charge is 0.459 e. The molecule has 0 amide bonds. The van der Waals surface area contributed by atoms with Crippen LogP contribution in [0.1, 0.15) is 11.3 Å². The van der Waals surface area contributed by atoms with Gasteiger partial charge in [0.2, 0.25) is 0 Å². The molecule has 4 nitrogen and oxygen atoms in total. The molecule has 0 radical (unpaired) electrons. The van der Waals surface area contributed by atoms with Gasteiger partial charge in [-0.25, -0.2) is 0 Å². The van der Waals surface area contributed by atoms with Gasteiger partial charge in [-0.05, 0) is 13.0 Å². The molecule has 4 heteroatoms. The molecule has 0 atom stereocenters. The number of nitrogens with one attached hydrogen (secondary N) is 2. The van der Waals surface area contributed by atoms with Gasteiger partial charge in [-0.3, -0.25) is 4.99 Å². The molecule has 0 aliphatic carbocycles. The lowest BCUT2D eigenvalue weighted by atomic mass is 10.1. The lowest BCUT2D eigenvalue weighted by Crippen LogP contribution is -2.34. The normalized spacial score (nSPS) is 11.8. The number of hydrogen-bond acceptors (Lipinski definition) is 2. The van der Waals surface area contributed by atoms with E-state index in [1.807, 2.05) is 25.2 Å². The van der Waals surface area contributed by atoms with Gasteiger partial charge in [-0.1, -0.05) is 18.2 Å². The lowest BCUT2D eigenvalue weighted by Gasteiger charge is -2.06. The SMILES string of the molecule is CN=C(NC)NCc1oc2ccccc2c1C. The summed E-state index contributed by atoms with van der Waals surface area (Å²) in [5.74, 6) is 1.70. The molecule has 1 aromatic carbocycles. The van der Waals surface area contributed by atoms with E-state index >= 15 is 0 Å². The maximum absolute atomic E-state index is 5.79. The third kappa shape index (κ3) is 2.25. The van der Waals surface area contributed by atoms with Crippen molar-refractivity contribution in [3.8, 4) is 0 Å². The van der Waals surface area contributed by atoms with Crippen LogP contribution in [-0.4, -0.2) is 20.1 Å². The van der Waals surface area contributed by atoms with Gasteiger partial charge in [0.1, 0.15) is 11.3 Å². The molecule has 2 rings (SSSR count). The average molecular weight is 231 g/mol. The highest BCUT2D eigenvalue weighted by Gasteiger charge is 2.09. The van der Waals surface area contributed by atoms with Crippen LogP contribution in [0.4, 0.5) is 0 Å². The smallest absolute Gasteiger partial charge is 0.191 e. The van der Waals surface area contributed by atoms with Crippen molar-refractivity contribution >= 4 is 16.9 Å². The molecule has 17 heavy (non-hydrogen) atoms. The first kappa shape index (κ1) is 11.5. The summed E-state index contributed by atoms with van der Waals surface area (Å²) in [5, 5.41) is 7.32. The number of aliphatic imine (C=N–C) groups is 1. The Balaban J connectivity index is 2.22. The third-order valence-corrected chi connectivity index (χ3v) is 2.82. The van der Waals surface area contributed by atoms with Gasteiger partial charge in [0.25, 0.3) is 0 Å². The van der Waals surface area contributed by atoms with Crippen LogP contribution < -0.4 is 10.6 Å². The van der Waals surface area contributed by atoms with Crippen LogP contribution in [0, 0.1) is 6.92 Å². The highest BCUT2D eigenvalue weighted by Crippen LogP contribution is 2.24. The van der Waals surface area contributed by atoms with E-state index in [0.717, 1.165) is 17.3 Å². The Morgan fingerprint density at radius 3 is 2.76 bits per heavy atom. The Kier molecular flexibility index (Phi) is 3.32. The second-order valence-electron chi connectivity index (χ2n) is 3.82. The fraction of sp³-hybridized carbons (Fsp3) is 0.308. The summed E-state index contributed by atoms with van der Waals surface area (Å²) in [6.45, 7) is 2.71. The molecular weight excluding hydrogens is 214 g/mol. The number of hydrogen-bond donors (Lipinski definition) is 2. The van der Waals surface area contributed by atoms with Gasteiger partial charge in [-0.2, -0.15) is 0 Å². The monoisotopic (exact) mass is 231 g/mol. The van der Waals surface area contributed by atoms with Crippen LogP contribution in [-0.2, 0) is 6.54 Å². The number of benzene rings is 1. The van der Waals surface area contributed by atoms with Crippen molar-refractivity contribution in [2.45, 2.75) is 13.5 Å². The number of nitrogens with zero attached hydrogens (tertiary/aromatic N) is 1. The summed E-state index contributed by atoms with van der Waals surface area (Å²) < 4.78 is 5.79. The number of para-hydroxylation sites is 1. The van der Waals surface area contributed by atoms with E-state index in [9.17, 15) is 0 Å². The van der Waals surface area contributed by atoms with Crippen molar-refractivity contribution < 1.29 is 4.42 Å². The Bertz CT molecular complexity index is 543. The molecule has 90 valence electrons. The Labute approximate surface area is 101 Å². The molecule has 0 saturated heterocycles. The molecule has 0 unspecified atom stereocenters. The fourth-order valence-corrected chi connectivity index (χ4v) is 1.84. The molecule has 0 saturated carbocycles. The average Bonchev–Trinajstić information content (AvgIpc) is 2.68. The lowest BCUT2D eigenvalue weighted by molar-refractivity contribution is 0.535. The molecule has 0 aliphatic heterocycles. The summed E-state index contributed by atoms with van der Waals surface area (Å²) in [7, 11) is 3.57. The van der Waals surface area contributed by atoms with Gasteiger partial charge < -0.3 is 15.1 Å². The first-order chi connectivity index (χ1) is 8.26. The highest BCUT2D eigenvalue weighted by molar-refractivity contribution is 5.82. The summed E-state index contributed by atoms with van der Waals surface area (Å²) >= 11 is 0. The highest BCUT2D eigenvalue weighted by atomic mass is 16.3. The number of guanidine groups is 1. The van der Waals surface area contributed by atoms with Crippen LogP contribution in [0.15, 0.2) is 33.7 Å². The minimum Gasteiger partial charge on any atom is -0.459 e. The molecule has 2 aromatic rings. The standard InChI is InChI=1S/C13H17N3O/c1-9-10-6-4-5-7-11(10)17-12(9)8-16-13(14-2)15-3/h4-7H,8H2,1-3H3,(H2,14,15,16). The Morgan fingerprint density at radius 1 is 1.35 bits per heavy atom. The van der Waals surface area contributed by atoms with E-state index in [-0.39, 0.29) is 0 Å². The van der Waals surface area contributed by atoms with E-state index in [1.165, 1.54) is 10.9 Å². The van der Waals surface area contributed by atoms with Crippen LogP contribution in [0.5, 0.6) is 0 Å². The molecule has 1 heterocycles. The fourth-order valence-electron chi connectivity index (χ4n) is 1.84. The minimum atomic E-state index is 0.633. The van der Waals surface area contributed by atoms with Crippen molar-refractivity contribution in [3.05, 3.63) is 35.6 Å². The van der Waals surface area contributed by atoms with E-state index in [2.05, 4.69) is 28.6 Å². The van der Waals surface area contributed by atoms with Crippen molar-refractivity contribution in [1.82, 2.24) is 10.6 Å². The van der Waals surface area contributed by atoms with Crippen LogP contribution in [0.2, 0.25) is 0 Å². The first-order valence-electron chi connectivity index (χ1n) is 5.61. The van der Waals surface area contributed by atoms with E-state index in [0.29, 0.717) is 6.54 Å². The number of rotatable bonds is 2. The summed E-state index contributed by atoms with van der Waals surface area (Å²) in [6.07, 6.45) is 0. The minimum absolute atomic E-state index is 0.633. The molecule has 1 aromatic heterocycles. The molecule has 0 fully saturated rings. The summed E-state index contributed by atoms with van der Waals surface area (Å²) in [4.78, 5) is 4.06. The van der Waals surface area contributed by atoms with Gasteiger partial charge in [0.15, 0.2) is 5.96 Å². The van der Waals surface area contributed by atoms with Gasteiger partial charge >= 0.3 is 0 Å². The maximum Gasteiger partial charge on any atom is 0.191 e. The zero-order valence-corrected chi connectivity index (χ0v) is 10.4. The van der Waals surface area contributed by atoms with E-state index < -0.39 is 0 Å². The number of furan rings is 1. The second kappa shape index (κ2) is 4.91. The first-order valence-corrected chi connectivity index (χ1v) is 5.61. The zero-order chi connectivity index (χ0) is 12.3. The molecule has 0 bridgehead atoms. The predicted octanol–water partition coefficient (Wildman–Crippen LogP) is 2.04. The number of fused-ring (bicyclic) bond motifs is 1. The van der Waals surface area contributed by atoms with Crippen LogP contribution >= 0.6 is 0 Å². The molecule has 0 spiro atoms. The molecular formula is C13H17N3O. The van der Waals surface area contributed by atoms with Crippen LogP contribution in [0.25, 0.3) is 11.0 Å². The Morgan fingerprint density at radius 2 is 2.12 bits per heavy atom. The van der Waals surface area contributed by atoms with Gasteiger partial charge in [0.05, 0.1) is 6.54 Å².